The number of rotatable bonds is 1. The van der Waals surface area contributed by atoms with Crippen molar-refractivity contribution in [3.63, 3.8) is 0 Å². The first-order valence-corrected chi connectivity index (χ1v) is 2.64. The van der Waals surface area contributed by atoms with E-state index in [9.17, 15) is 31.1 Å². The average Bonchev–Trinajstić information content (AvgIpc) is 1.77. The van der Waals surface area contributed by atoms with Gasteiger partial charge in [0.2, 0.25) is 0 Å². The Bertz CT molecular complexity index is 234. The first-order valence-electron chi connectivity index (χ1n) is 2.64. The van der Waals surface area contributed by atoms with Crippen LogP contribution in [0.3, 0.4) is 0 Å². The molecule has 0 aliphatic heterocycles. The summed E-state index contributed by atoms with van der Waals surface area (Å²) in [5.74, 6) is -2.66. The summed E-state index contributed by atoms with van der Waals surface area (Å²) in [5, 5.41) is 7.78. The van der Waals surface area contributed by atoms with Crippen molar-refractivity contribution in [1.82, 2.24) is 0 Å². The fourth-order valence-corrected chi connectivity index (χ4v) is 0.428. The molecule has 1 N–H and O–H groups in total. The Labute approximate surface area is 67.5 Å². The van der Waals surface area contributed by atoms with Gasteiger partial charge in [0.15, 0.2) is 0 Å². The molecule has 0 spiro atoms. The van der Waals surface area contributed by atoms with Gasteiger partial charge >= 0.3 is 18.3 Å². The Morgan fingerprint density at radius 2 is 1.46 bits per heavy atom. The van der Waals surface area contributed by atoms with Gasteiger partial charge < -0.3 is 5.11 Å². The number of carbonyl (C=O) groups is 1. The van der Waals surface area contributed by atoms with Crippen LogP contribution in [0.4, 0.5) is 26.3 Å². The average molecular weight is 208 g/mol. The Morgan fingerprint density at radius 3 is 1.54 bits per heavy atom. The van der Waals surface area contributed by atoms with E-state index in [0.29, 0.717) is 0 Å². The van der Waals surface area contributed by atoms with E-state index in [1.54, 1.807) is 0 Å². The quantitative estimate of drug-likeness (QED) is 0.529. The molecule has 0 aliphatic rings. The fourth-order valence-electron chi connectivity index (χ4n) is 0.428. The molecule has 2 nitrogen and oxygen atoms in total. The zero-order valence-corrected chi connectivity index (χ0v) is 5.70. The minimum absolute atomic E-state index is 1.30. The molecule has 0 rings (SSSR count). The predicted octanol–water partition coefficient (Wildman–Crippen LogP) is 2.12. The molecule has 0 aliphatic carbocycles. The molecule has 0 heterocycles. The normalized spacial score (nSPS) is 14.5. The second-order valence-corrected chi connectivity index (χ2v) is 1.90. The lowest BCUT2D eigenvalue weighted by Crippen LogP contribution is -2.22. The van der Waals surface area contributed by atoms with Gasteiger partial charge in [-0.05, 0) is 0 Å². The maximum absolute atomic E-state index is 11.6. The van der Waals surface area contributed by atoms with E-state index >= 15 is 0 Å². The van der Waals surface area contributed by atoms with Gasteiger partial charge in [0.25, 0.3) is 0 Å². The molecular weight excluding hydrogens is 206 g/mol. The summed E-state index contributed by atoms with van der Waals surface area (Å²) in [4.78, 5) is 9.74. The molecule has 76 valence electrons. The summed E-state index contributed by atoms with van der Waals surface area (Å²) in [6.07, 6.45) is -12.1. The monoisotopic (exact) mass is 208 g/mol. The van der Waals surface area contributed by atoms with Gasteiger partial charge in [0, 0.05) is 6.08 Å². The molecule has 8 heteroatoms. The summed E-state index contributed by atoms with van der Waals surface area (Å²) in [7, 11) is 0. The fraction of sp³-hybridized carbons (Fsp3) is 0.400. The summed E-state index contributed by atoms with van der Waals surface area (Å²) >= 11 is 0. The number of hydrogen-bond acceptors (Lipinski definition) is 1. The van der Waals surface area contributed by atoms with Gasteiger partial charge in [-0.2, -0.15) is 26.3 Å². The largest absolute Gasteiger partial charge is 0.478 e. The van der Waals surface area contributed by atoms with Gasteiger partial charge in [0.1, 0.15) is 5.57 Å². The van der Waals surface area contributed by atoms with Crippen LogP contribution in [0.25, 0.3) is 0 Å². The summed E-state index contributed by atoms with van der Waals surface area (Å²) in [5.41, 5.74) is -2.64. The lowest BCUT2D eigenvalue weighted by Gasteiger charge is -2.08. The van der Waals surface area contributed by atoms with Crippen molar-refractivity contribution < 1.29 is 36.2 Å². The van der Waals surface area contributed by atoms with Crippen LogP contribution in [-0.4, -0.2) is 23.4 Å². The maximum atomic E-state index is 11.6. The van der Waals surface area contributed by atoms with Crippen molar-refractivity contribution in [2.24, 2.45) is 0 Å². The summed E-state index contributed by atoms with van der Waals surface area (Å²) < 4.78 is 68.7. The van der Waals surface area contributed by atoms with Crippen molar-refractivity contribution >= 4 is 5.97 Å². The first kappa shape index (κ1) is 11.8. The molecule has 0 aromatic carbocycles. The number of carboxylic acid groups (broad SMARTS) is 1. The third kappa shape index (κ3) is 4.38. The van der Waals surface area contributed by atoms with E-state index in [1.165, 1.54) is 0 Å². The van der Waals surface area contributed by atoms with Crippen LogP contribution in [0.15, 0.2) is 11.6 Å². The molecule has 0 amide bonds. The van der Waals surface area contributed by atoms with Gasteiger partial charge in [-0.25, -0.2) is 4.79 Å². The number of carboxylic acids is 1. The lowest BCUT2D eigenvalue weighted by atomic mass is 10.2. The lowest BCUT2D eigenvalue weighted by molar-refractivity contribution is -0.147. The highest BCUT2D eigenvalue weighted by atomic mass is 19.4. The Hall–Kier alpha value is -1.21. The smallest absolute Gasteiger partial charge is 0.423 e. The van der Waals surface area contributed by atoms with Crippen LogP contribution in [0.5, 0.6) is 0 Å². The standard InChI is InChI=1S/C5H2F6O2/c6-4(7,8)1-2(3(12)13)5(9,10)11/h1H,(H,12,13)/b2-1-. The molecule has 0 aromatic heterocycles. The van der Waals surface area contributed by atoms with Crippen molar-refractivity contribution in [1.29, 1.82) is 0 Å². The van der Waals surface area contributed by atoms with Crippen molar-refractivity contribution in [3.05, 3.63) is 11.6 Å². The molecule has 0 bridgehead atoms. The summed E-state index contributed by atoms with van der Waals surface area (Å²) in [6, 6.07) is 0. The number of allylic oxidation sites excluding steroid dienone is 1. The Morgan fingerprint density at radius 1 is 1.08 bits per heavy atom. The third-order valence-corrected chi connectivity index (χ3v) is 0.844. The van der Waals surface area contributed by atoms with Crippen molar-refractivity contribution in [3.8, 4) is 0 Å². The SMILES string of the molecule is O=C(O)/C(=C/C(F)(F)F)C(F)(F)F. The highest BCUT2D eigenvalue weighted by Crippen LogP contribution is 2.30. The minimum atomic E-state index is -5.51. The molecule has 0 saturated heterocycles. The van der Waals surface area contributed by atoms with E-state index in [1.807, 2.05) is 0 Å². The van der Waals surface area contributed by atoms with E-state index in [-0.39, 0.29) is 0 Å². The van der Waals surface area contributed by atoms with Crippen molar-refractivity contribution in [2.45, 2.75) is 12.4 Å². The Kier molecular flexibility index (Phi) is 2.96. The van der Waals surface area contributed by atoms with E-state index in [2.05, 4.69) is 0 Å². The molecule has 0 aromatic rings. The summed E-state index contributed by atoms with van der Waals surface area (Å²) in [6.45, 7) is 0. The van der Waals surface area contributed by atoms with Crippen LogP contribution in [-0.2, 0) is 4.79 Å². The highest BCUT2D eigenvalue weighted by Gasteiger charge is 2.42. The molecule has 0 fully saturated rings. The second kappa shape index (κ2) is 3.27. The number of halogens is 6. The van der Waals surface area contributed by atoms with Crippen LogP contribution in [0.2, 0.25) is 0 Å². The number of alkyl halides is 6. The zero-order chi connectivity index (χ0) is 10.9. The molecular formula is C5H2F6O2. The van der Waals surface area contributed by atoms with Crippen LogP contribution in [0.1, 0.15) is 0 Å². The van der Waals surface area contributed by atoms with Gasteiger partial charge in [-0.15, -0.1) is 0 Å². The number of hydrogen-bond donors (Lipinski definition) is 1. The second-order valence-electron chi connectivity index (χ2n) is 1.90. The molecule has 0 atom stereocenters. The topological polar surface area (TPSA) is 37.3 Å². The molecule has 0 radical (unpaired) electrons. The Balaban J connectivity index is 5.06. The molecule has 0 saturated carbocycles. The molecule has 0 unspecified atom stereocenters. The highest BCUT2D eigenvalue weighted by molar-refractivity contribution is 5.88. The number of aliphatic carboxylic acids is 1. The first-order chi connectivity index (χ1) is 5.54. The minimum Gasteiger partial charge on any atom is -0.478 e. The van der Waals surface area contributed by atoms with Gasteiger partial charge in [-0.3, -0.25) is 0 Å². The predicted molar refractivity (Wildman–Crippen MR) is 27.8 cm³/mol. The third-order valence-electron chi connectivity index (χ3n) is 0.844. The van der Waals surface area contributed by atoms with Crippen molar-refractivity contribution in [2.75, 3.05) is 0 Å². The van der Waals surface area contributed by atoms with Gasteiger partial charge in [0.05, 0.1) is 0 Å². The zero-order valence-electron chi connectivity index (χ0n) is 5.70. The van der Waals surface area contributed by atoms with Crippen LogP contribution < -0.4 is 0 Å². The van der Waals surface area contributed by atoms with E-state index < -0.39 is 30.0 Å². The van der Waals surface area contributed by atoms with E-state index in [0.717, 1.165) is 0 Å². The van der Waals surface area contributed by atoms with Crippen LogP contribution in [0, 0.1) is 0 Å². The maximum Gasteiger partial charge on any atom is 0.423 e. The van der Waals surface area contributed by atoms with Gasteiger partial charge in [-0.1, -0.05) is 0 Å². The van der Waals surface area contributed by atoms with E-state index in [4.69, 9.17) is 5.11 Å². The molecule has 13 heavy (non-hydrogen) atoms. The van der Waals surface area contributed by atoms with Crippen LogP contribution >= 0.6 is 0 Å².